The first-order chi connectivity index (χ1) is 14.9. The molecule has 3 rings (SSSR count). The Labute approximate surface area is 197 Å². The molecule has 0 saturated heterocycles. The van der Waals surface area contributed by atoms with E-state index in [1.807, 2.05) is 24.3 Å². The van der Waals surface area contributed by atoms with Gasteiger partial charge < -0.3 is 15.0 Å². The molecular formula is C24H28BrClN2O3. The number of carbonyl (C=O) groups excluding carboxylic acids is 2. The number of nitrogens with zero attached hydrogens (tertiary/aromatic N) is 1. The Kier molecular flexibility index (Phi) is 8.79. The maximum Gasteiger partial charge on any atom is 0.261 e. The standard InChI is InChI=1S/C24H28BrClN2O3/c1-17(24(30)27-21-5-3-2-4-6-21)28(15-18-7-11-20(26)12-8-18)23(29)16-31-22-13-9-19(25)10-14-22/h7-14,17,21H,2-6,15-16H2,1H3,(H,27,30). The van der Waals surface area contributed by atoms with Crippen molar-refractivity contribution in [1.82, 2.24) is 10.2 Å². The second kappa shape index (κ2) is 11.5. The third-order valence-electron chi connectivity index (χ3n) is 5.56. The molecule has 1 saturated carbocycles. The van der Waals surface area contributed by atoms with Crippen molar-refractivity contribution in [1.29, 1.82) is 0 Å². The molecule has 166 valence electrons. The summed E-state index contributed by atoms with van der Waals surface area (Å²) < 4.78 is 6.61. The number of amides is 2. The van der Waals surface area contributed by atoms with Crippen LogP contribution in [-0.2, 0) is 16.1 Å². The molecule has 1 unspecified atom stereocenters. The Bertz CT molecular complexity index is 867. The van der Waals surface area contributed by atoms with E-state index in [9.17, 15) is 9.59 Å². The Balaban J connectivity index is 1.69. The van der Waals surface area contributed by atoms with Gasteiger partial charge in [-0.25, -0.2) is 0 Å². The molecule has 0 aliphatic heterocycles. The van der Waals surface area contributed by atoms with E-state index in [2.05, 4.69) is 21.2 Å². The zero-order valence-corrected chi connectivity index (χ0v) is 20.0. The van der Waals surface area contributed by atoms with E-state index in [0.29, 0.717) is 17.3 Å². The van der Waals surface area contributed by atoms with Gasteiger partial charge in [-0.2, -0.15) is 0 Å². The summed E-state index contributed by atoms with van der Waals surface area (Å²) >= 11 is 9.37. The van der Waals surface area contributed by atoms with Gasteiger partial charge in [-0.15, -0.1) is 0 Å². The molecular weight excluding hydrogens is 480 g/mol. The lowest BCUT2D eigenvalue weighted by molar-refractivity contribution is -0.142. The molecule has 2 aromatic carbocycles. The molecule has 0 aromatic heterocycles. The van der Waals surface area contributed by atoms with Gasteiger partial charge in [-0.3, -0.25) is 9.59 Å². The molecule has 5 nitrogen and oxygen atoms in total. The lowest BCUT2D eigenvalue weighted by Crippen LogP contribution is -2.51. The van der Waals surface area contributed by atoms with Crippen LogP contribution in [0.25, 0.3) is 0 Å². The Morgan fingerprint density at radius 2 is 1.74 bits per heavy atom. The third kappa shape index (κ3) is 7.25. The van der Waals surface area contributed by atoms with Gasteiger partial charge in [0.05, 0.1) is 0 Å². The minimum atomic E-state index is -0.612. The number of hydrogen-bond acceptors (Lipinski definition) is 3. The molecule has 1 aliphatic rings. The van der Waals surface area contributed by atoms with Gasteiger partial charge >= 0.3 is 0 Å². The van der Waals surface area contributed by atoms with Crippen molar-refractivity contribution in [2.45, 2.75) is 57.7 Å². The SMILES string of the molecule is CC(C(=O)NC1CCCCC1)N(Cc1ccc(Cl)cc1)C(=O)COc1ccc(Br)cc1. The van der Waals surface area contributed by atoms with Crippen molar-refractivity contribution >= 4 is 39.3 Å². The maximum atomic E-state index is 13.1. The molecule has 0 spiro atoms. The van der Waals surface area contributed by atoms with E-state index in [1.165, 1.54) is 6.42 Å². The summed E-state index contributed by atoms with van der Waals surface area (Å²) in [6.07, 6.45) is 5.48. The largest absolute Gasteiger partial charge is 0.484 e. The minimum Gasteiger partial charge on any atom is -0.484 e. The third-order valence-corrected chi connectivity index (χ3v) is 6.34. The van der Waals surface area contributed by atoms with Gasteiger partial charge in [0.15, 0.2) is 6.61 Å². The second-order valence-corrected chi connectivity index (χ2v) is 9.26. The second-order valence-electron chi connectivity index (χ2n) is 7.91. The molecule has 7 heteroatoms. The summed E-state index contributed by atoms with van der Waals surface area (Å²) in [5.74, 6) is 0.226. The van der Waals surface area contributed by atoms with Gasteiger partial charge in [0.25, 0.3) is 5.91 Å². The summed E-state index contributed by atoms with van der Waals surface area (Å²) in [4.78, 5) is 27.6. The van der Waals surface area contributed by atoms with Crippen LogP contribution in [0.1, 0.15) is 44.6 Å². The van der Waals surface area contributed by atoms with E-state index >= 15 is 0 Å². The molecule has 1 N–H and O–H groups in total. The molecule has 0 radical (unpaired) electrons. The molecule has 2 aromatic rings. The van der Waals surface area contributed by atoms with Crippen LogP contribution >= 0.6 is 27.5 Å². The lowest BCUT2D eigenvalue weighted by atomic mass is 9.95. The lowest BCUT2D eigenvalue weighted by Gasteiger charge is -2.31. The van der Waals surface area contributed by atoms with Gasteiger partial charge in [0.2, 0.25) is 5.91 Å². The Hall–Kier alpha value is -2.05. The predicted octanol–water partition coefficient (Wildman–Crippen LogP) is 5.35. The quantitative estimate of drug-likeness (QED) is 0.524. The minimum absolute atomic E-state index is 0.127. The smallest absolute Gasteiger partial charge is 0.261 e. The van der Waals surface area contributed by atoms with Crippen LogP contribution in [0, 0.1) is 0 Å². The zero-order chi connectivity index (χ0) is 22.2. The number of ether oxygens (including phenoxy) is 1. The van der Waals surface area contributed by atoms with Crippen LogP contribution in [0.15, 0.2) is 53.0 Å². The average Bonchev–Trinajstić information content (AvgIpc) is 2.78. The van der Waals surface area contributed by atoms with Crippen molar-refractivity contribution in [3.63, 3.8) is 0 Å². The first-order valence-corrected chi connectivity index (χ1v) is 11.8. The number of rotatable bonds is 8. The number of nitrogens with one attached hydrogen (secondary N) is 1. The van der Waals surface area contributed by atoms with E-state index < -0.39 is 6.04 Å². The monoisotopic (exact) mass is 506 g/mol. The van der Waals surface area contributed by atoms with Crippen molar-refractivity contribution in [2.75, 3.05) is 6.61 Å². The summed E-state index contributed by atoms with van der Waals surface area (Å²) in [5.41, 5.74) is 0.902. The predicted molar refractivity (Wildman–Crippen MR) is 126 cm³/mol. The fourth-order valence-corrected chi connectivity index (χ4v) is 4.09. The van der Waals surface area contributed by atoms with Crippen molar-refractivity contribution in [3.8, 4) is 5.75 Å². The molecule has 1 atom stereocenters. The molecule has 0 bridgehead atoms. The highest BCUT2D eigenvalue weighted by atomic mass is 79.9. The highest BCUT2D eigenvalue weighted by molar-refractivity contribution is 9.10. The van der Waals surface area contributed by atoms with E-state index in [1.54, 1.807) is 36.1 Å². The normalized spacial score (nSPS) is 15.2. The Morgan fingerprint density at radius 3 is 2.39 bits per heavy atom. The highest BCUT2D eigenvalue weighted by Crippen LogP contribution is 2.19. The number of halogens is 2. The highest BCUT2D eigenvalue weighted by Gasteiger charge is 2.28. The average molecular weight is 508 g/mol. The van der Waals surface area contributed by atoms with Crippen LogP contribution in [0.2, 0.25) is 5.02 Å². The molecule has 31 heavy (non-hydrogen) atoms. The van der Waals surface area contributed by atoms with Crippen LogP contribution in [0.4, 0.5) is 0 Å². The van der Waals surface area contributed by atoms with Gasteiger partial charge in [-0.05, 0) is 61.7 Å². The molecule has 2 amide bonds. The Morgan fingerprint density at radius 1 is 1.10 bits per heavy atom. The fraction of sp³-hybridized carbons (Fsp3) is 0.417. The van der Waals surface area contributed by atoms with Gasteiger partial charge in [-0.1, -0.05) is 58.9 Å². The number of carbonyl (C=O) groups is 2. The topological polar surface area (TPSA) is 58.6 Å². The zero-order valence-electron chi connectivity index (χ0n) is 17.7. The van der Waals surface area contributed by atoms with E-state index in [4.69, 9.17) is 16.3 Å². The molecule has 1 fully saturated rings. The van der Waals surface area contributed by atoms with Gasteiger partial charge in [0.1, 0.15) is 11.8 Å². The summed E-state index contributed by atoms with van der Waals surface area (Å²) in [6.45, 7) is 1.93. The van der Waals surface area contributed by atoms with Crippen molar-refractivity contribution in [2.24, 2.45) is 0 Å². The maximum absolute atomic E-state index is 13.1. The number of benzene rings is 2. The van der Waals surface area contributed by atoms with Crippen LogP contribution < -0.4 is 10.1 Å². The summed E-state index contributed by atoms with van der Waals surface area (Å²) in [7, 11) is 0. The van der Waals surface area contributed by atoms with Gasteiger partial charge in [0, 0.05) is 22.1 Å². The molecule has 0 heterocycles. The fourth-order valence-electron chi connectivity index (χ4n) is 3.70. The van der Waals surface area contributed by atoms with E-state index in [-0.39, 0.29) is 24.5 Å². The van der Waals surface area contributed by atoms with Crippen molar-refractivity contribution in [3.05, 3.63) is 63.6 Å². The number of hydrogen-bond donors (Lipinski definition) is 1. The summed E-state index contributed by atoms with van der Waals surface area (Å²) in [5, 5.41) is 3.76. The van der Waals surface area contributed by atoms with Crippen molar-refractivity contribution < 1.29 is 14.3 Å². The first kappa shape index (κ1) is 23.6. The summed E-state index contributed by atoms with van der Waals surface area (Å²) in [6, 6.07) is 14.2. The van der Waals surface area contributed by atoms with Crippen LogP contribution in [-0.4, -0.2) is 35.4 Å². The van der Waals surface area contributed by atoms with Crippen LogP contribution in [0.3, 0.4) is 0 Å². The van der Waals surface area contributed by atoms with E-state index in [0.717, 1.165) is 35.7 Å². The van der Waals surface area contributed by atoms with Crippen LogP contribution in [0.5, 0.6) is 5.75 Å². The first-order valence-electron chi connectivity index (χ1n) is 10.6. The molecule has 1 aliphatic carbocycles.